The summed E-state index contributed by atoms with van der Waals surface area (Å²) in [4.78, 5) is 0. The van der Waals surface area contributed by atoms with E-state index in [0.717, 1.165) is 21.9 Å². The number of fused-ring (bicyclic) bond motifs is 5. The fourth-order valence-electron chi connectivity index (χ4n) is 7.33. The summed E-state index contributed by atoms with van der Waals surface area (Å²) in [6.45, 7) is 0. The van der Waals surface area contributed by atoms with Crippen molar-refractivity contribution in [2.75, 3.05) is 0 Å². The maximum atomic E-state index is 6.34. The van der Waals surface area contributed by atoms with E-state index in [1.165, 1.54) is 82.2 Å². The normalized spacial score (nSPS) is 11.6. The first-order valence-electron chi connectivity index (χ1n) is 15.4. The Balaban J connectivity index is 1.45. The molecule has 0 N–H and O–H groups in total. The molecular weight excluding hydrogens is 526 g/mol. The Kier molecular flexibility index (Phi) is 6.17. The van der Waals surface area contributed by atoms with Crippen molar-refractivity contribution < 1.29 is 4.42 Å². The summed E-state index contributed by atoms with van der Waals surface area (Å²) in [5.41, 5.74) is 16.3. The molecule has 0 radical (unpaired) electrons. The SMILES string of the molecule is Bc1c(B)c(B)c(-c2c3ccccc3c(-c3ccc4oc5ccc(-c6ccccc6)cc5c4c3)c3ccccc23)c(B)c1B. The zero-order valence-electron chi connectivity index (χ0n) is 25.9. The first-order chi connectivity index (χ1) is 21.4. The van der Waals surface area contributed by atoms with E-state index in [9.17, 15) is 0 Å². The fourth-order valence-corrected chi connectivity index (χ4v) is 7.33. The van der Waals surface area contributed by atoms with Gasteiger partial charge in [0.05, 0.1) is 0 Å². The maximum absolute atomic E-state index is 6.34. The molecule has 0 amide bonds. The van der Waals surface area contributed by atoms with Crippen LogP contribution in [0.1, 0.15) is 0 Å². The predicted octanol–water partition coefficient (Wildman–Crippen LogP) is 2.19. The molecule has 202 valence electrons. The van der Waals surface area contributed by atoms with Gasteiger partial charge < -0.3 is 4.42 Å². The molecular formula is C38H29B5O. The van der Waals surface area contributed by atoms with Crippen LogP contribution in [0.15, 0.2) is 120 Å². The van der Waals surface area contributed by atoms with Crippen LogP contribution in [0.5, 0.6) is 0 Å². The van der Waals surface area contributed by atoms with Gasteiger partial charge in [-0.3, -0.25) is 0 Å². The lowest BCUT2D eigenvalue weighted by atomic mass is 9.59. The molecule has 0 aliphatic carbocycles. The Morgan fingerprint density at radius 3 is 1.30 bits per heavy atom. The maximum Gasteiger partial charge on any atom is 0.139 e. The predicted molar refractivity (Wildman–Crippen MR) is 206 cm³/mol. The minimum atomic E-state index is 0.913. The molecule has 8 aromatic rings. The van der Waals surface area contributed by atoms with E-state index in [2.05, 4.69) is 154 Å². The van der Waals surface area contributed by atoms with Crippen LogP contribution < -0.4 is 27.3 Å². The van der Waals surface area contributed by atoms with E-state index in [-0.39, 0.29) is 0 Å². The van der Waals surface area contributed by atoms with E-state index in [1.807, 2.05) is 0 Å². The lowest BCUT2D eigenvalue weighted by molar-refractivity contribution is 0.669. The van der Waals surface area contributed by atoms with Gasteiger partial charge in [-0.15, -0.1) is 16.4 Å². The van der Waals surface area contributed by atoms with Gasteiger partial charge in [-0.25, -0.2) is 0 Å². The van der Waals surface area contributed by atoms with Crippen molar-refractivity contribution in [2.45, 2.75) is 0 Å². The van der Waals surface area contributed by atoms with Gasteiger partial charge in [0.1, 0.15) is 50.4 Å². The molecule has 44 heavy (non-hydrogen) atoms. The number of furan rings is 1. The number of hydrogen-bond donors (Lipinski definition) is 0. The van der Waals surface area contributed by atoms with E-state index in [0.29, 0.717) is 0 Å². The van der Waals surface area contributed by atoms with Gasteiger partial charge in [0.25, 0.3) is 0 Å². The number of rotatable bonds is 3. The third kappa shape index (κ3) is 3.94. The summed E-state index contributed by atoms with van der Waals surface area (Å²) < 4.78 is 6.34. The molecule has 0 saturated heterocycles. The molecule has 1 heterocycles. The Bertz CT molecular complexity index is 2360. The lowest BCUT2D eigenvalue weighted by Gasteiger charge is -2.24. The van der Waals surface area contributed by atoms with Gasteiger partial charge >= 0.3 is 0 Å². The summed E-state index contributed by atoms with van der Waals surface area (Å²) in [6.07, 6.45) is 0. The van der Waals surface area contributed by atoms with Gasteiger partial charge in [0.2, 0.25) is 0 Å². The van der Waals surface area contributed by atoms with Crippen LogP contribution in [0.2, 0.25) is 0 Å². The van der Waals surface area contributed by atoms with E-state index < -0.39 is 0 Å². The van der Waals surface area contributed by atoms with Crippen molar-refractivity contribution in [3.05, 3.63) is 115 Å². The fraction of sp³-hybridized carbons (Fsp3) is 0. The van der Waals surface area contributed by atoms with Crippen LogP contribution in [0.25, 0.3) is 76.9 Å². The van der Waals surface area contributed by atoms with Gasteiger partial charge in [0, 0.05) is 10.8 Å². The molecule has 0 saturated carbocycles. The summed E-state index contributed by atoms with van der Waals surface area (Å²) in [5.74, 6) is 0. The molecule has 0 aliphatic heterocycles. The van der Waals surface area contributed by atoms with E-state index in [4.69, 9.17) is 4.42 Å². The molecule has 1 nitrogen and oxygen atoms in total. The van der Waals surface area contributed by atoms with E-state index in [1.54, 1.807) is 0 Å². The molecule has 0 unspecified atom stereocenters. The van der Waals surface area contributed by atoms with Gasteiger partial charge in [-0.05, 0) is 79.2 Å². The van der Waals surface area contributed by atoms with Crippen LogP contribution in [-0.2, 0) is 0 Å². The molecule has 1 aromatic heterocycles. The largest absolute Gasteiger partial charge is 0.456 e. The second-order valence-corrected chi connectivity index (χ2v) is 12.2. The highest BCUT2D eigenvalue weighted by molar-refractivity contribution is 6.69. The van der Waals surface area contributed by atoms with Crippen molar-refractivity contribution in [3.8, 4) is 33.4 Å². The molecule has 6 heteroatoms. The minimum absolute atomic E-state index is 0.913. The third-order valence-corrected chi connectivity index (χ3v) is 10.0. The van der Waals surface area contributed by atoms with Crippen molar-refractivity contribution in [3.63, 3.8) is 0 Å². The zero-order valence-corrected chi connectivity index (χ0v) is 25.9. The average molecular weight is 556 g/mol. The van der Waals surface area contributed by atoms with Gasteiger partial charge in [0.15, 0.2) is 0 Å². The highest BCUT2D eigenvalue weighted by Gasteiger charge is 2.21. The number of benzene rings is 7. The summed E-state index contributed by atoms with van der Waals surface area (Å²) in [6, 6.07) is 41.7. The second kappa shape index (κ2) is 10.1. The second-order valence-electron chi connectivity index (χ2n) is 12.2. The summed E-state index contributed by atoms with van der Waals surface area (Å²) in [7, 11) is 11.4. The third-order valence-electron chi connectivity index (χ3n) is 10.0. The highest BCUT2D eigenvalue weighted by Crippen LogP contribution is 2.44. The Morgan fingerprint density at radius 1 is 0.318 bits per heavy atom. The first kappa shape index (κ1) is 26.8. The van der Waals surface area contributed by atoms with Crippen LogP contribution in [0.3, 0.4) is 0 Å². The van der Waals surface area contributed by atoms with Crippen LogP contribution in [0.4, 0.5) is 0 Å². The molecule has 0 spiro atoms. The molecule has 0 bridgehead atoms. The van der Waals surface area contributed by atoms with Gasteiger partial charge in [-0.2, -0.15) is 0 Å². The van der Waals surface area contributed by atoms with Crippen molar-refractivity contribution in [2.24, 2.45) is 0 Å². The Hall–Kier alpha value is -4.82. The highest BCUT2D eigenvalue weighted by atomic mass is 16.3. The number of hydrogen-bond acceptors (Lipinski definition) is 1. The molecule has 0 atom stereocenters. The Labute approximate surface area is 262 Å². The quantitative estimate of drug-likeness (QED) is 0.241. The zero-order chi connectivity index (χ0) is 30.1. The molecule has 0 aliphatic rings. The van der Waals surface area contributed by atoms with Crippen molar-refractivity contribution in [1.29, 1.82) is 0 Å². The van der Waals surface area contributed by atoms with Crippen LogP contribution >= 0.6 is 0 Å². The van der Waals surface area contributed by atoms with E-state index >= 15 is 0 Å². The molecule has 0 fully saturated rings. The summed E-state index contributed by atoms with van der Waals surface area (Å²) >= 11 is 0. The minimum Gasteiger partial charge on any atom is -0.456 e. The molecule has 7 aromatic carbocycles. The first-order valence-corrected chi connectivity index (χ1v) is 15.4. The van der Waals surface area contributed by atoms with Crippen molar-refractivity contribution in [1.82, 2.24) is 0 Å². The summed E-state index contributed by atoms with van der Waals surface area (Å²) in [5, 5.41) is 7.41. The van der Waals surface area contributed by atoms with Crippen molar-refractivity contribution >= 4 is 110 Å². The van der Waals surface area contributed by atoms with Gasteiger partial charge in [-0.1, -0.05) is 102 Å². The Morgan fingerprint density at radius 2 is 0.750 bits per heavy atom. The smallest absolute Gasteiger partial charge is 0.139 e. The topological polar surface area (TPSA) is 13.1 Å². The average Bonchev–Trinajstić information content (AvgIpc) is 3.44. The molecule has 8 rings (SSSR count). The monoisotopic (exact) mass is 556 g/mol. The van der Waals surface area contributed by atoms with Crippen LogP contribution in [-0.4, -0.2) is 39.2 Å². The lowest BCUT2D eigenvalue weighted by Crippen LogP contribution is -2.55. The standard InChI is InChI=1S/C38H29B5O/c39-34-33(35(40)37(42)38(43)36(34)41)32-25-12-6-4-10-23(25)31(24-11-5-7-13-26(24)32)22-15-17-30-28(19-22)27-18-21(14-16-29(27)44-30)20-8-2-1-3-9-20/h1-19H,39-43H2. The van der Waals surface area contributed by atoms with Crippen LogP contribution in [0, 0.1) is 0 Å².